The van der Waals surface area contributed by atoms with Crippen LogP contribution in [0.3, 0.4) is 0 Å². The van der Waals surface area contributed by atoms with Crippen LogP contribution in [0.1, 0.15) is 31.7 Å². The Morgan fingerprint density at radius 1 is 1.29 bits per heavy atom. The number of aromatic amines is 1. The molecule has 0 unspecified atom stereocenters. The zero-order chi connectivity index (χ0) is 8.84. The number of anilines is 1. The number of nitrogen functional groups attached to an aromatic ring is 1. The van der Waals surface area contributed by atoms with Crippen molar-refractivity contribution in [1.82, 2.24) is 4.98 Å². The lowest BCUT2D eigenvalue weighted by Gasteiger charge is -2.10. The molecule has 2 aliphatic rings. The van der Waals surface area contributed by atoms with Crippen molar-refractivity contribution in [3.63, 3.8) is 0 Å². The normalized spacial score (nSPS) is 20.9. The average Bonchev–Trinajstić information content (AvgIpc) is 2.95. The number of halogens is 1. The number of imidazole rings is 1. The van der Waals surface area contributed by atoms with Crippen molar-refractivity contribution in [2.45, 2.75) is 31.7 Å². The lowest BCUT2D eigenvalue weighted by Crippen LogP contribution is -3.00. The minimum Gasteiger partial charge on any atom is -1.00 e. The summed E-state index contributed by atoms with van der Waals surface area (Å²) in [6.07, 6.45) is 9.73. The Kier molecular flexibility index (Phi) is 2.43. The molecule has 4 heteroatoms. The van der Waals surface area contributed by atoms with Crippen LogP contribution in [0, 0.1) is 11.8 Å². The van der Waals surface area contributed by atoms with Crippen LogP contribution in [-0.2, 0) is 0 Å². The molecule has 2 fully saturated rings. The fraction of sp³-hybridized carbons (Fsp3) is 0.700. The number of hydrogen-bond acceptors (Lipinski definition) is 1. The molecule has 0 spiro atoms. The highest BCUT2D eigenvalue weighted by atomic mass is 35.5. The molecule has 0 amide bonds. The Bertz CT molecular complexity index is 303. The van der Waals surface area contributed by atoms with E-state index in [1.54, 1.807) is 0 Å². The maximum Gasteiger partial charge on any atom is 0.243 e. The summed E-state index contributed by atoms with van der Waals surface area (Å²) in [5.41, 5.74) is 5.68. The number of rotatable bonds is 3. The fourth-order valence-electron chi connectivity index (χ4n) is 2.30. The Morgan fingerprint density at radius 2 is 1.86 bits per heavy atom. The highest BCUT2D eigenvalue weighted by Crippen LogP contribution is 2.49. The Labute approximate surface area is 90.1 Å². The maximum atomic E-state index is 5.68. The predicted octanol–water partition coefficient (Wildman–Crippen LogP) is -1.75. The Balaban J connectivity index is 0.000000750. The minimum atomic E-state index is 0. The first-order chi connectivity index (χ1) is 6.34. The molecule has 78 valence electrons. The second-order valence-corrected chi connectivity index (χ2v) is 4.47. The minimum absolute atomic E-state index is 0. The van der Waals surface area contributed by atoms with E-state index in [0.29, 0.717) is 0 Å². The smallest absolute Gasteiger partial charge is 0.243 e. The van der Waals surface area contributed by atoms with Gasteiger partial charge in [0.1, 0.15) is 6.04 Å². The van der Waals surface area contributed by atoms with Gasteiger partial charge in [-0.05, 0) is 37.5 Å². The molecule has 1 aromatic heterocycles. The van der Waals surface area contributed by atoms with Gasteiger partial charge in [0, 0.05) is 0 Å². The average molecular weight is 214 g/mol. The zero-order valence-electron chi connectivity index (χ0n) is 8.12. The van der Waals surface area contributed by atoms with E-state index in [0.717, 1.165) is 23.7 Å². The summed E-state index contributed by atoms with van der Waals surface area (Å²) in [5.74, 6) is 2.66. The molecule has 14 heavy (non-hydrogen) atoms. The summed E-state index contributed by atoms with van der Waals surface area (Å²) in [5, 5.41) is 0. The van der Waals surface area contributed by atoms with Crippen molar-refractivity contribution in [2.75, 3.05) is 5.73 Å². The van der Waals surface area contributed by atoms with Gasteiger partial charge in [-0.15, -0.1) is 0 Å². The second kappa shape index (κ2) is 3.46. The van der Waals surface area contributed by atoms with Crippen LogP contribution in [0.4, 0.5) is 5.82 Å². The number of nitrogens with two attached hydrogens (primary N) is 1. The van der Waals surface area contributed by atoms with Gasteiger partial charge in [0.2, 0.25) is 12.1 Å². The van der Waals surface area contributed by atoms with Crippen LogP contribution < -0.4 is 22.7 Å². The van der Waals surface area contributed by atoms with Gasteiger partial charge in [0.15, 0.2) is 6.20 Å². The molecule has 0 saturated heterocycles. The highest BCUT2D eigenvalue weighted by molar-refractivity contribution is 5.18. The monoisotopic (exact) mass is 213 g/mol. The van der Waals surface area contributed by atoms with Crippen LogP contribution in [0.15, 0.2) is 12.5 Å². The van der Waals surface area contributed by atoms with Crippen LogP contribution in [0.5, 0.6) is 0 Å². The van der Waals surface area contributed by atoms with Gasteiger partial charge in [0.05, 0.1) is 0 Å². The third kappa shape index (κ3) is 1.73. The van der Waals surface area contributed by atoms with Crippen molar-refractivity contribution in [1.29, 1.82) is 0 Å². The topological polar surface area (TPSA) is 45.7 Å². The summed E-state index contributed by atoms with van der Waals surface area (Å²) >= 11 is 0. The van der Waals surface area contributed by atoms with Gasteiger partial charge >= 0.3 is 0 Å². The molecular weight excluding hydrogens is 198 g/mol. The predicted molar refractivity (Wildman–Crippen MR) is 49.9 cm³/mol. The van der Waals surface area contributed by atoms with Gasteiger partial charge in [0.25, 0.3) is 0 Å². The van der Waals surface area contributed by atoms with E-state index in [9.17, 15) is 0 Å². The number of hydrogen-bond donors (Lipinski definition) is 2. The van der Waals surface area contributed by atoms with E-state index in [2.05, 4.69) is 9.55 Å². The summed E-state index contributed by atoms with van der Waals surface area (Å²) < 4.78 is 2.30. The molecule has 1 aromatic rings. The van der Waals surface area contributed by atoms with Gasteiger partial charge < -0.3 is 18.1 Å². The summed E-state index contributed by atoms with van der Waals surface area (Å²) in [6, 6.07) is 0.744. The molecule has 2 saturated carbocycles. The van der Waals surface area contributed by atoms with E-state index in [4.69, 9.17) is 5.73 Å². The summed E-state index contributed by atoms with van der Waals surface area (Å²) in [4.78, 5) is 3.06. The molecule has 2 aliphatic carbocycles. The third-order valence-corrected chi connectivity index (χ3v) is 3.22. The summed E-state index contributed by atoms with van der Waals surface area (Å²) in [7, 11) is 0. The number of nitrogens with one attached hydrogen (secondary N) is 1. The SMILES string of the molecule is Nc1c[n+](C(C2CC2)C2CC2)c[nH]1.[Cl-]. The van der Waals surface area contributed by atoms with Crippen LogP contribution in [-0.4, -0.2) is 4.98 Å². The van der Waals surface area contributed by atoms with Crippen LogP contribution in [0.25, 0.3) is 0 Å². The highest BCUT2D eigenvalue weighted by Gasteiger charge is 2.45. The van der Waals surface area contributed by atoms with Gasteiger partial charge in [-0.3, -0.25) is 0 Å². The number of aromatic nitrogens is 2. The lowest BCUT2D eigenvalue weighted by atomic mass is 10.1. The Hall–Kier alpha value is -0.700. The number of nitrogens with zero attached hydrogens (tertiary/aromatic N) is 1. The van der Waals surface area contributed by atoms with E-state index in [-0.39, 0.29) is 12.4 Å². The molecule has 3 rings (SSSR count). The maximum absolute atomic E-state index is 5.68. The third-order valence-electron chi connectivity index (χ3n) is 3.22. The summed E-state index contributed by atoms with van der Waals surface area (Å²) in [6.45, 7) is 0. The molecule has 0 radical (unpaired) electrons. The second-order valence-electron chi connectivity index (χ2n) is 4.47. The largest absolute Gasteiger partial charge is 1.00 e. The first-order valence-corrected chi connectivity index (χ1v) is 5.19. The quantitative estimate of drug-likeness (QED) is 0.575. The molecule has 0 atom stereocenters. The van der Waals surface area contributed by atoms with Crippen molar-refractivity contribution in [2.24, 2.45) is 11.8 Å². The molecule has 0 aromatic carbocycles. The van der Waals surface area contributed by atoms with E-state index in [1.165, 1.54) is 25.7 Å². The molecule has 0 aliphatic heterocycles. The van der Waals surface area contributed by atoms with Crippen molar-refractivity contribution in [3.8, 4) is 0 Å². The van der Waals surface area contributed by atoms with E-state index < -0.39 is 0 Å². The van der Waals surface area contributed by atoms with Gasteiger partial charge in [-0.1, -0.05) is 0 Å². The zero-order valence-corrected chi connectivity index (χ0v) is 8.87. The molecule has 3 N–H and O–H groups in total. The van der Waals surface area contributed by atoms with E-state index in [1.807, 2.05) is 12.5 Å². The van der Waals surface area contributed by atoms with Crippen molar-refractivity contribution >= 4 is 5.82 Å². The molecule has 1 heterocycles. The van der Waals surface area contributed by atoms with Gasteiger partial charge in [-0.2, -0.15) is 0 Å². The first kappa shape index (κ1) is 9.84. The molecule has 3 nitrogen and oxygen atoms in total. The number of H-pyrrole nitrogens is 1. The molecule has 0 bridgehead atoms. The van der Waals surface area contributed by atoms with Crippen molar-refractivity contribution < 1.29 is 17.0 Å². The van der Waals surface area contributed by atoms with Crippen LogP contribution in [0.2, 0.25) is 0 Å². The Morgan fingerprint density at radius 3 is 2.21 bits per heavy atom. The molecular formula is C10H16ClN3. The van der Waals surface area contributed by atoms with Crippen LogP contribution >= 0.6 is 0 Å². The first-order valence-electron chi connectivity index (χ1n) is 5.19. The lowest BCUT2D eigenvalue weighted by molar-refractivity contribution is -0.729. The van der Waals surface area contributed by atoms with E-state index >= 15 is 0 Å². The fourth-order valence-corrected chi connectivity index (χ4v) is 2.30. The van der Waals surface area contributed by atoms with Crippen molar-refractivity contribution in [3.05, 3.63) is 12.5 Å². The van der Waals surface area contributed by atoms with Gasteiger partial charge in [-0.25, -0.2) is 9.55 Å². The standard InChI is InChI=1S/C10H15N3.ClH/c11-9-5-13(6-12-9)10(7-1-2-7)8-3-4-8;/h5-8,10H,1-4,11H2;1H.